The molecule has 1 unspecified atom stereocenters. The normalized spacial score (nSPS) is 17.6. The molecule has 0 aliphatic carbocycles. The van der Waals surface area contributed by atoms with E-state index in [9.17, 15) is 9.90 Å². The van der Waals surface area contributed by atoms with Crippen molar-refractivity contribution in [1.82, 2.24) is 20.1 Å². The topological polar surface area (TPSA) is 82.1 Å². The second-order valence-electron chi connectivity index (χ2n) is 6.17. The molecule has 1 aliphatic heterocycles. The van der Waals surface area contributed by atoms with Crippen LogP contribution in [-0.4, -0.2) is 37.6 Å². The summed E-state index contributed by atoms with van der Waals surface area (Å²) in [6.45, 7) is 2.91. The van der Waals surface area contributed by atoms with Gasteiger partial charge in [-0.15, -0.1) is 0 Å². The van der Waals surface area contributed by atoms with Gasteiger partial charge in [-0.1, -0.05) is 24.3 Å². The molecule has 0 bridgehead atoms. The zero-order chi connectivity index (χ0) is 16.7. The van der Waals surface area contributed by atoms with E-state index >= 15 is 0 Å². The van der Waals surface area contributed by atoms with E-state index in [0.717, 1.165) is 22.2 Å². The predicted molar refractivity (Wildman–Crippen MR) is 89.4 cm³/mol. The van der Waals surface area contributed by atoms with Crippen LogP contribution in [0.5, 0.6) is 0 Å². The lowest BCUT2D eigenvalue weighted by atomic mass is 10.0. The molecular weight excluding hydrogens is 304 g/mol. The Hall–Kier alpha value is -2.73. The first-order chi connectivity index (χ1) is 11.6. The van der Waals surface area contributed by atoms with Crippen molar-refractivity contribution >= 4 is 16.9 Å². The van der Waals surface area contributed by atoms with E-state index in [1.807, 2.05) is 37.3 Å². The van der Waals surface area contributed by atoms with Gasteiger partial charge in [-0.25, -0.2) is 4.98 Å². The van der Waals surface area contributed by atoms with Gasteiger partial charge in [0.25, 0.3) is 5.91 Å². The van der Waals surface area contributed by atoms with Crippen molar-refractivity contribution in [2.45, 2.75) is 26.0 Å². The first kappa shape index (κ1) is 14.8. The third-order valence-electron chi connectivity index (χ3n) is 4.58. The smallest absolute Gasteiger partial charge is 0.255 e. The zero-order valence-electron chi connectivity index (χ0n) is 13.4. The molecule has 6 heteroatoms. The van der Waals surface area contributed by atoms with Crippen molar-refractivity contribution in [2.24, 2.45) is 0 Å². The van der Waals surface area contributed by atoms with Crippen molar-refractivity contribution in [1.29, 1.82) is 0 Å². The van der Waals surface area contributed by atoms with E-state index in [1.165, 1.54) is 0 Å². The third kappa shape index (κ3) is 2.45. The van der Waals surface area contributed by atoms with Gasteiger partial charge in [0.15, 0.2) is 5.65 Å². The van der Waals surface area contributed by atoms with Crippen molar-refractivity contribution in [3.63, 3.8) is 0 Å². The number of rotatable bonds is 1. The van der Waals surface area contributed by atoms with E-state index in [4.69, 9.17) is 0 Å². The predicted octanol–water partition coefficient (Wildman–Crippen LogP) is 2.35. The summed E-state index contributed by atoms with van der Waals surface area (Å²) < 4.78 is 0. The number of benzene rings is 1. The molecule has 0 saturated heterocycles. The molecule has 0 spiro atoms. The summed E-state index contributed by atoms with van der Waals surface area (Å²) in [4.78, 5) is 19.0. The molecule has 6 nitrogen and oxygen atoms in total. The summed E-state index contributed by atoms with van der Waals surface area (Å²) in [5.41, 5.74) is 3.95. The molecule has 2 aromatic heterocycles. The fraction of sp³-hybridized carbons (Fsp3) is 0.278. The van der Waals surface area contributed by atoms with Gasteiger partial charge >= 0.3 is 0 Å². The molecule has 1 aliphatic rings. The van der Waals surface area contributed by atoms with E-state index in [-0.39, 0.29) is 5.91 Å². The number of pyridine rings is 1. The van der Waals surface area contributed by atoms with Crippen LogP contribution in [0.3, 0.4) is 0 Å². The summed E-state index contributed by atoms with van der Waals surface area (Å²) in [5, 5.41) is 18.1. The second kappa shape index (κ2) is 5.72. The Kier molecular flexibility index (Phi) is 3.54. The van der Waals surface area contributed by atoms with E-state index in [0.29, 0.717) is 30.7 Å². The van der Waals surface area contributed by atoms with Crippen LogP contribution in [0.2, 0.25) is 0 Å². The van der Waals surface area contributed by atoms with Gasteiger partial charge in [-0.3, -0.25) is 9.89 Å². The van der Waals surface area contributed by atoms with Crippen LogP contribution in [0.4, 0.5) is 0 Å². The van der Waals surface area contributed by atoms with Gasteiger partial charge in [0.05, 0.1) is 11.7 Å². The number of aliphatic hydroxyl groups is 1. The minimum absolute atomic E-state index is 0.0751. The van der Waals surface area contributed by atoms with Crippen LogP contribution in [0.1, 0.15) is 39.7 Å². The second-order valence-corrected chi connectivity index (χ2v) is 6.17. The van der Waals surface area contributed by atoms with Gasteiger partial charge in [-0.05, 0) is 30.5 Å². The lowest BCUT2D eigenvalue weighted by Gasteiger charge is -2.20. The number of nitrogens with zero attached hydrogens (tertiary/aromatic N) is 3. The number of carbonyl (C=O) groups excluding carboxylic acids is 1. The molecular formula is C18H18N4O2. The molecule has 0 saturated carbocycles. The number of H-pyrrole nitrogens is 1. The quantitative estimate of drug-likeness (QED) is 0.720. The molecule has 1 aromatic carbocycles. The average Bonchev–Trinajstić information content (AvgIpc) is 2.89. The monoisotopic (exact) mass is 322 g/mol. The van der Waals surface area contributed by atoms with Crippen molar-refractivity contribution in [2.75, 3.05) is 6.54 Å². The highest BCUT2D eigenvalue weighted by molar-refractivity contribution is 5.97. The number of aliphatic hydroxyl groups excluding tert-OH is 1. The maximum atomic E-state index is 12.9. The lowest BCUT2D eigenvalue weighted by molar-refractivity contribution is 0.0723. The maximum absolute atomic E-state index is 12.9. The SMILES string of the molecule is Cc1[nH]nc2ncc(C(=O)N3CCC(O)c4ccccc4C3)cc12. The Bertz CT molecular complexity index is 918. The van der Waals surface area contributed by atoms with Crippen LogP contribution >= 0.6 is 0 Å². The largest absolute Gasteiger partial charge is 0.388 e. The Morgan fingerprint density at radius 1 is 1.38 bits per heavy atom. The van der Waals surface area contributed by atoms with Crippen LogP contribution in [0.25, 0.3) is 11.0 Å². The van der Waals surface area contributed by atoms with Crippen LogP contribution in [-0.2, 0) is 6.54 Å². The minimum atomic E-state index is -0.532. The number of nitrogens with one attached hydrogen (secondary N) is 1. The molecule has 3 aromatic rings. The third-order valence-corrected chi connectivity index (χ3v) is 4.58. The number of hydrogen-bond donors (Lipinski definition) is 2. The van der Waals surface area contributed by atoms with E-state index in [2.05, 4.69) is 15.2 Å². The van der Waals surface area contributed by atoms with Crippen molar-refractivity contribution in [3.05, 3.63) is 58.9 Å². The molecule has 0 radical (unpaired) electrons. The molecule has 2 N–H and O–H groups in total. The number of aryl methyl sites for hydroxylation is 1. The van der Waals surface area contributed by atoms with Gasteiger partial charge in [0.1, 0.15) is 0 Å². The first-order valence-electron chi connectivity index (χ1n) is 7.99. The maximum Gasteiger partial charge on any atom is 0.255 e. The highest BCUT2D eigenvalue weighted by atomic mass is 16.3. The van der Waals surface area contributed by atoms with Gasteiger partial charge in [-0.2, -0.15) is 5.10 Å². The van der Waals surface area contributed by atoms with Crippen molar-refractivity contribution < 1.29 is 9.90 Å². The number of aromatic amines is 1. The van der Waals surface area contributed by atoms with E-state index < -0.39 is 6.10 Å². The standard InChI is InChI=1S/C18H18N4O2/c1-11-15-8-13(9-19-17(15)21-20-11)18(24)22-7-6-16(23)14-5-3-2-4-12(14)10-22/h2-5,8-9,16,23H,6-7,10H2,1H3,(H,19,20,21). The van der Waals surface area contributed by atoms with E-state index in [1.54, 1.807) is 11.1 Å². The fourth-order valence-electron chi connectivity index (χ4n) is 3.21. The molecule has 122 valence electrons. The summed E-state index contributed by atoms with van der Waals surface area (Å²) in [6, 6.07) is 9.57. The first-order valence-corrected chi connectivity index (χ1v) is 7.99. The molecule has 1 amide bonds. The van der Waals surface area contributed by atoms with Gasteiger partial charge in [0.2, 0.25) is 0 Å². The molecule has 4 rings (SSSR count). The molecule has 24 heavy (non-hydrogen) atoms. The minimum Gasteiger partial charge on any atom is -0.388 e. The molecule has 1 atom stereocenters. The summed E-state index contributed by atoms with van der Waals surface area (Å²) in [6.07, 6.45) is 1.57. The Morgan fingerprint density at radius 3 is 3.08 bits per heavy atom. The number of amides is 1. The summed E-state index contributed by atoms with van der Waals surface area (Å²) >= 11 is 0. The Balaban J connectivity index is 1.67. The van der Waals surface area contributed by atoms with Crippen LogP contribution in [0.15, 0.2) is 36.5 Å². The van der Waals surface area contributed by atoms with Crippen LogP contribution in [0, 0.1) is 6.92 Å². The Labute approximate surface area is 139 Å². The van der Waals surface area contributed by atoms with Crippen molar-refractivity contribution in [3.8, 4) is 0 Å². The fourth-order valence-corrected chi connectivity index (χ4v) is 3.21. The van der Waals surface area contributed by atoms with Crippen LogP contribution < -0.4 is 0 Å². The number of fused-ring (bicyclic) bond motifs is 2. The Morgan fingerprint density at radius 2 is 2.21 bits per heavy atom. The number of aromatic nitrogens is 3. The lowest BCUT2D eigenvalue weighted by Crippen LogP contribution is -2.30. The number of hydrogen-bond acceptors (Lipinski definition) is 4. The summed E-state index contributed by atoms with van der Waals surface area (Å²) in [7, 11) is 0. The average molecular weight is 322 g/mol. The molecule has 3 heterocycles. The van der Waals surface area contributed by atoms with Gasteiger partial charge in [0, 0.05) is 30.4 Å². The highest BCUT2D eigenvalue weighted by Crippen LogP contribution is 2.27. The summed E-state index contributed by atoms with van der Waals surface area (Å²) in [5.74, 6) is -0.0751. The highest BCUT2D eigenvalue weighted by Gasteiger charge is 2.24. The van der Waals surface area contributed by atoms with Gasteiger partial charge < -0.3 is 10.0 Å². The molecule has 0 fully saturated rings. The number of carbonyl (C=O) groups is 1. The zero-order valence-corrected chi connectivity index (χ0v) is 13.4.